The van der Waals surface area contributed by atoms with Crippen LogP contribution in [0, 0.1) is 12.8 Å². The summed E-state index contributed by atoms with van der Waals surface area (Å²) in [5, 5.41) is 4.01. The summed E-state index contributed by atoms with van der Waals surface area (Å²) in [5.74, 6) is -0.372. The Kier molecular flexibility index (Phi) is 3.23. The third kappa shape index (κ3) is 2.39. The van der Waals surface area contributed by atoms with Gasteiger partial charge in [0.2, 0.25) is 0 Å². The van der Waals surface area contributed by atoms with Gasteiger partial charge in [-0.2, -0.15) is 18.3 Å². The topological polar surface area (TPSA) is 35.6 Å². The van der Waals surface area contributed by atoms with Crippen LogP contribution in [-0.4, -0.2) is 25.5 Å². The van der Waals surface area contributed by atoms with Gasteiger partial charge in [-0.25, -0.2) is 4.98 Å². The van der Waals surface area contributed by atoms with Gasteiger partial charge in [-0.15, -0.1) is 0 Å². The molecule has 4 nitrogen and oxygen atoms in total. The SMILES string of the molecule is Cc1cc(-c2ccnn2C(C2CC2)C(F)(F)F)cc2ncn(C)c12. The minimum Gasteiger partial charge on any atom is -0.334 e. The lowest BCUT2D eigenvalue weighted by Gasteiger charge is -2.22. The molecule has 0 N–H and O–H groups in total. The molecule has 1 aliphatic carbocycles. The molecule has 4 rings (SSSR count). The van der Waals surface area contributed by atoms with Crippen LogP contribution < -0.4 is 0 Å². The maximum absolute atomic E-state index is 13.5. The molecule has 7 heteroatoms. The summed E-state index contributed by atoms with van der Waals surface area (Å²) in [6, 6.07) is 3.82. The molecule has 0 spiro atoms. The molecule has 1 unspecified atom stereocenters. The average molecular weight is 334 g/mol. The molecule has 1 atom stereocenters. The van der Waals surface area contributed by atoms with Gasteiger partial charge in [-0.05, 0) is 49.4 Å². The van der Waals surface area contributed by atoms with Gasteiger partial charge in [0.05, 0.1) is 23.1 Å². The fourth-order valence-electron chi connectivity index (χ4n) is 3.45. The van der Waals surface area contributed by atoms with Crippen LogP contribution in [-0.2, 0) is 7.05 Å². The zero-order chi connectivity index (χ0) is 17.1. The van der Waals surface area contributed by atoms with E-state index in [9.17, 15) is 13.2 Å². The van der Waals surface area contributed by atoms with Crippen LogP contribution in [0.1, 0.15) is 24.4 Å². The molecule has 126 valence electrons. The number of aromatic nitrogens is 4. The van der Waals surface area contributed by atoms with Crippen LogP contribution in [0.2, 0.25) is 0 Å². The van der Waals surface area contributed by atoms with Crippen molar-refractivity contribution in [2.24, 2.45) is 13.0 Å². The highest BCUT2D eigenvalue weighted by Crippen LogP contribution is 2.49. The van der Waals surface area contributed by atoms with Crippen LogP contribution in [0.4, 0.5) is 13.2 Å². The van der Waals surface area contributed by atoms with E-state index in [-0.39, 0.29) is 5.92 Å². The van der Waals surface area contributed by atoms with Crippen molar-refractivity contribution in [2.45, 2.75) is 32.0 Å². The number of rotatable bonds is 3. The van der Waals surface area contributed by atoms with Crippen molar-refractivity contribution in [3.8, 4) is 11.3 Å². The predicted molar refractivity (Wildman–Crippen MR) is 84.5 cm³/mol. The number of hydrogen-bond acceptors (Lipinski definition) is 2. The third-order valence-corrected chi connectivity index (χ3v) is 4.64. The summed E-state index contributed by atoms with van der Waals surface area (Å²) < 4.78 is 43.6. The molecule has 0 saturated heterocycles. The molecule has 1 aromatic carbocycles. The molecule has 1 fully saturated rings. The van der Waals surface area contributed by atoms with Crippen molar-refractivity contribution in [2.75, 3.05) is 0 Å². The quantitative estimate of drug-likeness (QED) is 0.717. The Bertz CT molecular complexity index is 902. The lowest BCUT2D eigenvalue weighted by atomic mass is 10.1. The zero-order valence-corrected chi connectivity index (χ0v) is 13.4. The Labute approximate surface area is 136 Å². The average Bonchev–Trinajstić information content (AvgIpc) is 3.05. The van der Waals surface area contributed by atoms with Crippen molar-refractivity contribution in [3.05, 3.63) is 36.3 Å². The standard InChI is InChI=1S/C17H17F3N4/c1-10-7-12(8-13-15(10)23(2)9-21-13)14-5-6-22-24(14)16(11-3-4-11)17(18,19)20/h5-9,11,16H,3-4H2,1-2H3. The fraction of sp³-hybridized carbons (Fsp3) is 0.412. The molecule has 2 heterocycles. The van der Waals surface area contributed by atoms with Gasteiger partial charge in [-0.1, -0.05) is 0 Å². The predicted octanol–water partition coefficient (Wildman–Crippen LogP) is 4.26. The van der Waals surface area contributed by atoms with Crippen LogP contribution in [0.5, 0.6) is 0 Å². The van der Waals surface area contributed by atoms with Crippen molar-refractivity contribution in [1.29, 1.82) is 0 Å². The van der Waals surface area contributed by atoms with Crippen LogP contribution in [0.15, 0.2) is 30.7 Å². The number of aryl methyl sites for hydroxylation is 2. The number of hydrogen-bond donors (Lipinski definition) is 0. The van der Waals surface area contributed by atoms with E-state index in [1.54, 1.807) is 12.4 Å². The highest BCUT2D eigenvalue weighted by Gasteiger charge is 2.51. The van der Waals surface area contributed by atoms with E-state index in [1.807, 2.05) is 30.7 Å². The minimum atomic E-state index is -4.30. The van der Waals surface area contributed by atoms with Crippen molar-refractivity contribution < 1.29 is 13.2 Å². The summed E-state index contributed by atoms with van der Waals surface area (Å²) in [4.78, 5) is 4.33. The lowest BCUT2D eigenvalue weighted by Crippen LogP contribution is -2.29. The van der Waals surface area contributed by atoms with E-state index >= 15 is 0 Å². The number of imidazole rings is 1. The number of halogens is 3. The summed E-state index contributed by atoms with van der Waals surface area (Å²) >= 11 is 0. The summed E-state index contributed by atoms with van der Waals surface area (Å²) in [7, 11) is 1.90. The normalized spacial score (nSPS) is 16.7. The number of nitrogens with zero attached hydrogens (tertiary/aromatic N) is 4. The molecule has 0 bridgehead atoms. The molecule has 1 aliphatic rings. The number of benzene rings is 1. The monoisotopic (exact) mass is 334 g/mol. The van der Waals surface area contributed by atoms with E-state index in [0.717, 1.165) is 21.3 Å². The molecule has 0 radical (unpaired) electrons. The first-order chi connectivity index (χ1) is 11.4. The van der Waals surface area contributed by atoms with Crippen molar-refractivity contribution in [1.82, 2.24) is 19.3 Å². The molecular weight excluding hydrogens is 317 g/mol. The Balaban J connectivity index is 1.85. The minimum absolute atomic E-state index is 0.372. The fourth-order valence-corrected chi connectivity index (χ4v) is 3.45. The Morgan fingerprint density at radius 1 is 1.25 bits per heavy atom. The zero-order valence-electron chi connectivity index (χ0n) is 13.4. The van der Waals surface area contributed by atoms with Crippen molar-refractivity contribution in [3.63, 3.8) is 0 Å². The summed E-state index contributed by atoms with van der Waals surface area (Å²) in [5.41, 5.74) is 3.94. The summed E-state index contributed by atoms with van der Waals surface area (Å²) in [6.07, 6.45) is 0.0471. The van der Waals surface area contributed by atoms with Gasteiger partial charge in [-0.3, -0.25) is 4.68 Å². The van der Waals surface area contributed by atoms with Crippen molar-refractivity contribution >= 4 is 11.0 Å². The van der Waals surface area contributed by atoms with Gasteiger partial charge in [0.15, 0.2) is 6.04 Å². The second-order valence-corrected chi connectivity index (χ2v) is 6.50. The highest BCUT2D eigenvalue weighted by molar-refractivity contribution is 5.84. The molecule has 1 saturated carbocycles. The molecular formula is C17H17F3N4. The Hall–Kier alpha value is -2.31. The number of fused-ring (bicyclic) bond motifs is 1. The van der Waals surface area contributed by atoms with E-state index in [0.29, 0.717) is 24.1 Å². The van der Waals surface area contributed by atoms with Gasteiger partial charge >= 0.3 is 6.18 Å². The highest BCUT2D eigenvalue weighted by atomic mass is 19.4. The lowest BCUT2D eigenvalue weighted by molar-refractivity contribution is -0.175. The van der Waals surface area contributed by atoms with Crippen LogP contribution in [0.25, 0.3) is 22.3 Å². The van der Waals surface area contributed by atoms with Gasteiger partial charge in [0, 0.05) is 18.8 Å². The molecule has 0 aliphatic heterocycles. The number of alkyl halides is 3. The largest absolute Gasteiger partial charge is 0.411 e. The maximum Gasteiger partial charge on any atom is 0.411 e. The van der Waals surface area contributed by atoms with Crippen LogP contribution in [0.3, 0.4) is 0 Å². The first-order valence-electron chi connectivity index (χ1n) is 7.88. The van der Waals surface area contributed by atoms with Gasteiger partial charge in [0.25, 0.3) is 0 Å². The second-order valence-electron chi connectivity index (χ2n) is 6.50. The molecule has 24 heavy (non-hydrogen) atoms. The van der Waals surface area contributed by atoms with E-state index in [4.69, 9.17) is 0 Å². The Morgan fingerprint density at radius 3 is 2.67 bits per heavy atom. The maximum atomic E-state index is 13.5. The third-order valence-electron chi connectivity index (χ3n) is 4.64. The van der Waals surface area contributed by atoms with E-state index in [1.165, 1.54) is 6.20 Å². The van der Waals surface area contributed by atoms with Gasteiger partial charge in [0.1, 0.15) is 0 Å². The first-order valence-corrected chi connectivity index (χ1v) is 7.88. The van der Waals surface area contributed by atoms with E-state index in [2.05, 4.69) is 10.1 Å². The second kappa shape index (κ2) is 5.09. The van der Waals surface area contributed by atoms with Gasteiger partial charge < -0.3 is 4.57 Å². The molecule has 3 aromatic rings. The molecule has 0 amide bonds. The smallest absolute Gasteiger partial charge is 0.334 e. The Morgan fingerprint density at radius 2 is 2.00 bits per heavy atom. The van der Waals surface area contributed by atoms with Crippen LogP contribution >= 0.6 is 0 Å². The summed E-state index contributed by atoms with van der Waals surface area (Å²) in [6.45, 7) is 1.94. The van der Waals surface area contributed by atoms with E-state index < -0.39 is 12.2 Å². The molecule has 2 aromatic heterocycles. The first kappa shape index (κ1) is 15.2.